The largest absolute Gasteiger partial charge is 0.409 e. The highest BCUT2D eigenvalue weighted by Gasteiger charge is 2.24. The second-order valence-electron chi connectivity index (χ2n) is 3.81. The number of hydrogen-bond acceptors (Lipinski definition) is 5. The fourth-order valence-corrected chi connectivity index (χ4v) is 3.25. The van der Waals surface area contributed by atoms with E-state index in [0.29, 0.717) is 13.2 Å². The van der Waals surface area contributed by atoms with E-state index >= 15 is 0 Å². The van der Waals surface area contributed by atoms with Crippen LogP contribution in [-0.4, -0.2) is 41.7 Å². The van der Waals surface area contributed by atoms with Gasteiger partial charge in [0.25, 0.3) is 0 Å². The van der Waals surface area contributed by atoms with Crippen molar-refractivity contribution in [2.24, 2.45) is 10.9 Å². The molecule has 0 radical (unpaired) electrons. The number of amidine groups is 1. The number of rotatable bonds is 3. The predicted octanol–water partition coefficient (Wildman–Crippen LogP) is 1.46. The van der Waals surface area contributed by atoms with Crippen LogP contribution in [0.15, 0.2) is 21.1 Å². The van der Waals surface area contributed by atoms with Crippen LogP contribution in [0.4, 0.5) is 0 Å². The van der Waals surface area contributed by atoms with Gasteiger partial charge < -0.3 is 15.7 Å². The molecular weight excluding hydrogens is 306 g/mol. The highest BCUT2D eigenvalue weighted by atomic mass is 79.9. The Morgan fingerprint density at radius 1 is 1.76 bits per heavy atom. The van der Waals surface area contributed by atoms with Crippen LogP contribution >= 0.6 is 27.3 Å². The molecule has 1 aromatic heterocycles. The van der Waals surface area contributed by atoms with Crippen LogP contribution in [0.3, 0.4) is 0 Å². The van der Waals surface area contributed by atoms with E-state index < -0.39 is 0 Å². The molecule has 7 heteroatoms. The molecule has 0 bridgehead atoms. The summed E-state index contributed by atoms with van der Waals surface area (Å²) < 4.78 is 6.58. The summed E-state index contributed by atoms with van der Waals surface area (Å²) in [6, 6.07) is 2.04. The number of ether oxygens (including phenoxy) is 1. The van der Waals surface area contributed by atoms with Gasteiger partial charge in [0.15, 0.2) is 5.84 Å². The van der Waals surface area contributed by atoms with Crippen LogP contribution < -0.4 is 5.73 Å². The molecule has 1 aliphatic heterocycles. The van der Waals surface area contributed by atoms with Gasteiger partial charge in [-0.2, -0.15) is 0 Å². The van der Waals surface area contributed by atoms with Crippen molar-refractivity contribution in [3.05, 3.63) is 20.8 Å². The van der Waals surface area contributed by atoms with Crippen molar-refractivity contribution < 1.29 is 9.94 Å². The second kappa shape index (κ2) is 5.81. The van der Waals surface area contributed by atoms with Gasteiger partial charge >= 0.3 is 0 Å². The monoisotopic (exact) mass is 319 g/mol. The second-order valence-corrected chi connectivity index (χ2v) is 5.67. The van der Waals surface area contributed by atoms with Gasteiger partial charge in [-0.15, -0.1) is 11.3 Å². The van der Waals surface area contributed by atoms with Gasteiger partial charge in [-0.1, -0.05) is 5.16 Å². The molecule has 1 atom stereocenters. The summed E-state index contributed by atoms with van der Waals surface area (Å²) in [5.74, 6) is 0.139. The molecule has 1 aromatic rings. The van der Waals surface area contributed by atoms with E-state index in [9.17, 15) is 0 Å². The average Bonchev–Trinajstić information content (AvgIpc) is 2.74. The lowest BCUT2D eigenvalue weighted by Crippen LogP contribution is -2.48. The summed E-state index contributed by atoms with van der Waals surface area (Å²) in [5, 5.41) is 13.7. The van der Waals surface area contributed by atoms with Gasteiger partial charge in [-0.05, 0) is 27.4 Å². The Hall–Kier alpha value is -0.630. The third-order valence-corrected chi connectivity index (χ3v) is 4.57. The molecule has 1 saturated heterocycles. The minimum absolute atomic E-state index is 0.139. The number of morpholine rings is 1. The van der Waals surface area contributed by atoms with Crippen LogP contribution in [0, 0.1) is 0 Å². The number of hydrogen-bond donors (Lipinski definition) is 2. The van der Waals surface area contributed by atoms with Crippen LogP contribution in [0.25, 0.3) is 0 Å². The summed E-state index contributed by atoms with van der Waals surface area (Å²) in [6.07, 6.45) is -0.313. The summed E-state index contributed by atoms with van der Waals surface area (Å²) >= 11 is 5.23. The predicted molar refractivity (Wildman–Crippen MR) is 70.4 cm³/mol. The Bertz CT molecular complexity index is 410. The first-order chi connectivity index (χ1) is 8.20. The van der Waals surface area contributed by atoms with Crippen molar-refractivity contribution in [3.63, 3.8) is 0 Å². The van der Waals surface area contributed by atoms with Gasteiger partial charge in [0, 0.05) is 29.0 Å². The first-order valence-corrected chi connectivity index (χ1v) is 6.91. The molecule has 0 spiro atoms. The first-order valence-electron chi connectivity index (χ1n) is 5.24. The quantitative estimate of drug-likeness (QED) is 0.383. The zero-order chi connectivity index (χ0) is 12.3. The molecule has 1 fully saturated rings. The fourth-order valence-electron chi connectivity index (χ4n) is 1.73. The molecule has 0 aromatic carbocycles. The fraction of sp³-hybridized carbons (Fsp3) is 0.500. The lowest BCUT2D eigenvalue weighted by atomic mass is 10.2. The molecule has 5 nitrogen and oxygen atoms in total. The molecule has 2 heterocycles. The molecular formula is C10H14BrN3O2S. The van der Waals surface area contributed by atoms with Gasteiger partial charge in [0.05, 0.1) is 6.61 Å². The third-order valence-electron chi connectivity index (χ3n) is 2.65. The molecule has 1 aliphatic rings. The lowest BCUT2D eigenvalue weighted by molar-refractivity contribution is 0.00172. The number of thiophene rings is 1. The Kier molecular flexibility index (Phi) is 4.38. The summed E-state index contributed by atoms with van der Waals surface area (Å²) in [6.45, 7) is 2.97. The van der Waals surface area contributed by atoms with E-state index in [1.165, 1.54) is 4.88 Å². The third kappa shape index (κ3) is 3.19. The van der Waals surface area contributed by atoms with Gasteiger partial charge in [0.2, 0.25) is 0 Å². The zero-order valence-electron chi connectivity index (χ0n) is 9.17. The van der Waals surface area contributed by atoms with Crippen molar-refractivity contribution in [1.29, 1.82) is 0 Å². The molecule has 94 valence electrons. The lowest BCUT2D eigenvalue weighted by Gasteiger charge is -2.31. The van der Waals surface area contributed by atoms with E-state index in [1.807, 2.05) is 6.07 Å². The Labute approximate surface area is 112 Å². The first kappa shape index (κ1) is 12.8. The molecule has 2 rings (SSSR count). The summed E-state index contributed by atoms with van der Waals surface area (Å²) in [4.78, 5) is 3.52. The van der Waals surface area contributed by atoms with Crippen molar-refractivity contribution in [2.75, 3.05) is 19.7 Å². The summed E-state index contributed by atoms with van der Waals surface area (Å²) in [7, 11) is 0. The van der Waals surface area contributed by atoms with Crippen LogP contribution in [0.5, 0.6) is 0 Å². The van der Waals surface area contributed by atoms with E-state index in [-0.39, 0.29) is 11.9 Å². The standard InChI is InChI=1S/C10H14BrN3O2S/c11-7-1-4-17-9(7)6-14-2-3-16-8(5-14)10(12)13-15/h1,4,8,15H,2-3,5-6H2,(H2,12,13). The zero-order valence-corrected chi connectivity index (χ0v) is 11.6. The van der Waals surface area contributed by atoms with E-state index in [4.69, 9.17) is 15.7 Å². The average molecular weight is 320 g/mol. The Balaban J connectivity index is 1.96. The van der Waals surface area contributed by atoms with E-state index in [1.54, 1.807) is 11.3 Å². The summed E-state index contributed by atoms with van der Waals surface area (Å²) in [5.41, 5.74) is 5.55. The molecule has 17 heavy (non-hydrogen) atoms. The number of halogens is 1. The van der Waals surface area contributed by atoms with Crippen molar-refractivity contribution in [2.45, 2.75) is 12.6 Å². The maximum absolute atomic E-state index is 8.63. The van der Waals surface area contributed by atoms with Crippen LogP contribution in [0.2, 0.25) is 0 Å². The molecule has 1 unspecified atom stereocenters. The number of oxime groups is 1. The molecule has 0 saturated carbocycles. The van der Waals surface area contributed by atoms with Gasteiger partial charge in [0.1, 0.15) is 6.10 Å². The van der Waals surface area contributed by atoms with E-state index in [0.717, 1.165) is 17.6 Å². The Morgan fingerprint density at radius 2 is 2.59 bits per heavy atom. The minimum Gasteiger partial charge on any atom is -0.409 e. The maximum atomic E-state index is 8.63. The number of nitrogens with zero attached hydrogens (tertiary/aromatic N) is 2. The highest BCUT2D eigenvalue weighted by molar-refractivity contribution is 9.10. The molecule has 0 aliphatic carbocycles. The van der Waals surface area contributed by atoms with Gasteiger partial charge in [-0.3, -0.25) is 4.90 Å². The number of nitrogens with two attached hydrogens (primary N) is 1. The van der Waals surface area contributed by atoms with Crippen molar-refractivity contribution in [3.8, 4) is 0 Å². The maximum Gasteiger partial charge on any atom is 0.169 e. The van der Waals surface area contributed by atoms with Crippen LogP contribution in [-0.2, 0) is 11.3 Å². The SMILES string of the molecule is NC(=NO)C1CN(Cc2sccc2Br)CCO1. The minimum atomic E-state index is -0.313. The van der Waals surface area contributed by atoms with E-state index in [2.05, 4.69) is 31.4 Å². The van der Waals surface area contributed by atoms with Crippen molar-refractivity contribution >= 4 is 33.1 Å². The van der Waals surface area contributed by atoms with Gasteiger partial charge in [-0.25, -0.2) is 0 Å². The Morgan fingerprint density at radius 3 is 3.24 bits per heavy atom. The highest BCUT2D eigenvalue weighted by Crippen LogP contribution is 2.24. The smallest absolute Gasteiger partial charge is 0.169 e. The normalized spacial score (nSPS) is 22.9. The van der Waals surface area contributed by atoms with Crippen molar-refractivity contribution in [1.82, 2.24) is 4.90 Å². The molecule has 3 N–H and O–H groups in total. The molecule has 0 amide bonds. The topological polar surface area (TPSA) is 71.1 Å². The van der Waals surface area contributed by atoms with Crippen LogP contribution in [0.1, 0.15) is 4.88 Å².